The predicted molar refractivity (Wildman–Crippen MR) is 64.7 cm³/mol. The smallest absolute Gasteiger partial charge is 0.410 e. The Labute approximate surface area is 103 Å². The summed E-state index contributed by atoms with van der Waals surface area (Å²) in [6.07, 6.45) is 3.19. The summed E-state index contributed by atoms with van der Waals surface area (Å²) in [5.41, 5.74) is -0.443. The average Bonchev–Trinajstić information content (AvgIpc) is 2.43. The zero-order valence-electron chi connectivity index (χ0n) is 11.0. The van der Waals surface area contributed by atoms with Gasteiger partial charge >= 0.3 is 6.09 Å². The van der Waals surface area contributed by atoms with E-state index in [1.807, 2.05) is 25.7 Å². The van der Waals surface area contributed by atoms with Crippen molar-refractivity contribution in [2.45, 2.75) is 64.2 Å². The van der Waals surface area contributed by atoms with Crippen molar-refractivity contribution >= 4 is 6.09 Å². The molecule has 17 heavy (non-hydrogen) atoms. The van der Waals surface area contributed by atoms with E-state index in [-0.39, 0.29) is 18.2 Å². The van der Waals surface area contributed by atoms with Crippen LogP contribution >= 0.6 is 0 Å². The van der Waals surface area contributed by atoms with Gasteiger partial charge in [-0.2, -0.15) is 0 Å². The van der Waals surface area contributed by atoms with Gasteiger partial charge in [0.1, 0.15) is 5.60 Å². The number of hydrogen-bond acceptors (Lipinski definition) is 3. The SMILES string of the molecule is CC(C)(C)OC(=O)N1CC2CC[C@@H]1C[C@@H](O)C2. The molecule has 1 amide bonds. The molecule has 0 spiro atoms. The third-order valence-electron chi connectivity index (χ3n) is 3.58. The van der Waals surface area contributed by atoms with E-state index in [4.69, 9.17) is 4.74 Å². The Bertz CT molecular complexity index is 298. The molecule has 1 N–H and O–H groups in total. The first-order chi connectivity index (χ1) is 7.85. The van der Waals surface area contributed by atoms with Crippen molar-refractivity contribution in [2.75, 3.05) is 6.54 Å². The van der Waals surface area contributed by atoms with Crippen LogP contribution in [0.1, 0.15) is 46.5 Å². The fourth-order valence-corrected chi connectivity index (χ4v) is 2.88. The van der Waals surface area contributed by atoms with Crippen molar-refractivity contribution in [2.24, 2.45) is 5.92 Å². The molecule has 2 bridgehead atoms. The average molecular weight is 241 g/mol. The molecule has 2 saturated heterocycles. The van der Waals surface area contributed by atoms with Crippen LogP contribution in [-0.4, -0.2) is 40.4 Å². The molecule has 1 saturated carbocycles. The summed E-state index contributed by atoms with van der Waals surface area (Å²) >= 11 is 0. The first-order valence-electron chi connectivity index (χ1n) is 6.53. The minimum Gasteiger partial charge on any atom is -0.444 e. The number of aliphatic hydroxyl groups is 1. The number of carbonyl (C=O) groups excluding carboxylic acids is 1. The summed E-state index contributed by atoms with van der Waals surface area (Å²) in [6.45, 7) is 6.40. The number of nitrogens with zero attached hydrogens (tertiary/aromatic N) is 1. The lowest BCUT2D eigenvalue weighted by molar-refractivity contribution is 0.00551. The predicted octanol–water partition coefficient (Wildman–Crippen LogP) is 2.16. The quantitative estimate of drug-likeness (QED) is 0.707. The molecular formula is C13H23NO3. The summed E-state index contributed by atoms with van der Waals surface area (Å²) in [4.78, 5) is 13.9. The second kappa shape index (κ2) is 4.48. The van der Waals surface area contributed by atoms with Crippen molar-refractivity contribution < 1.29 is 14.6 Å². The summed E-state index contributed by atoms with van der Waals surface area (Å²) < 4.78 is 5.43. The van der Waals surface area contributed by atoms with E-state index in [1.165, 1.54) is 0 Å². The molecule has 3 atom stereocenters. The number of aliphatic hydroxyl groups excluding tert-OH is 1. The molecule has 1 aliphatic carbocycles. The van der Waals surface area contributed by atoms with Gasteiger partial charge < -0.3 is 14.7 Å². The van der Waals surface area contributed by atoms with Crippen molar-refractivity contribution in [3.8, 4) is 0 Å². The highest BCUT2D eigenvalue weighted by Crippen LogP contribution is 2.34. The number of carbonyl (C=O) groups is 1. The van der Waals surface area contributed by atoms with Crippen molar-refractivity contribution in [3.05, 3.63) is 0 Å². The lowest BCUT2D eigenvalue weighted by Gasteiger charge is -2.37. The highest BCUT2D eigenvalue weighted by molar-refractivity contribution is 5.68. The second-order valence-corrected chi connectivity index (χ2v) is 6.36. The Hall–Kier alpha value is -0.770. The first kappa shape index (κ1) is 12.7. The number of rotatable bonds is 0. The van der Waals surface area contributed by atoms with Gasteiger partial charge in [0.15, 0.2) is 0 Å². The molecule has 1 unspecified atom stereocenters. The Morgan fingerprint density at radius 1 is 1.29 bits per heavy atom. The standard InChI is InChI=1S/C13H23NO3/c1-13(2,3)17-12(16)14-8-9-4-5-10(14)7-11(15)6-9/h9-11,15H,4-8H2,1-3H3/t9?,10-,11+/m1/s1. The Kier molecular flexibility index (Phi) is 3.34. The summed E-state index contributed by atoms with van der Waals surface area (Å²) in [6, 6.07) is 0.165. The lowest BCUT2D eigenvalue weighted by atomic mass is 9.95. The first-order valence-corrected chi connectivity index (χ1v) is 6.53. The maximum absolute atomic E-state index is 12.1. The van der Waals surface area contributed by atoms with Gasteiger partial charge in [-0.3, -0.25) is 0 Å². The number of hydrogen-bond donors (Lipinski definition) is 1. The maximum atomic E-state index is 12.1. The van der Waals surface area contributed by atoms with Crippen LogP contribution in [0, 0.1) is 5.92 Å². The van der Waals surface area contributed by atoms with Crippen LogP contribution in [0.25, 0.3) is 0 Å². The van der Waals surface area contributed by atoms with Gasteiger partial charge in [-0.1, -0.05) is 0 Å². The minimum absolute atomic E-state index is 0.165. The van der Waals surface area contributed by atoms with E-state index in [0.717, 1.165) is 25.8 Å². The molecule has 98 valence electrons. The van der Waals surface area contributed by atoms with E-state index >= 15 is 0 Å². The van der Waals surface area contributed by atoms with Gasteiger partial charge in [0, 0.05) is 12.6 Å². The number of piperidine rings is 1. The Morgan fingerprint density at radius 3 is 2.65 bits per heavy atom. The molecule has 0 aromatic rings. The number of amides is 1. The fourth-order valence-electron chi connectivity index (χ4n) is 2.88. The lowest BCUT2D eigenvalue weighted by Crippen LogP contribution is -2.47. The highest BCUT2D eigenvalue weighted by Gasteiger charge is 2.39. The van der Waals surface area contributed by atoms with Gasteiger partial charge in [0.05, 0.1) is 6.10 Å². The molecule has 3 fully saturated rings. The molecule has 0 aromatic carbocycles. The van der Waals surface area contributed by atoms with Crippen molar-refractivity contribution in [1.29, 1.82) is 0 Å². The largest absolute Gasteiger partial charge is 0.444 e. The Balaban J connectivity index is 2.04. The van der Waals surface area contributed by atoms with Gasteiger partial charge in [-0.25, -0.2) is 4.79 Å². The van der Waals surface area contributed by atoms with Crippen molar-refractivity contribution in [1.82, 2.24) is 4.90 Å². The van der Waals surface area contributed by atoms with Crippen LogP contribution in [0.2, 0.25) is 0 Å². The van der Waals surface area contributed by atoms with Crippen LogP contribution < -0.4 is 0 Å². The van der Waals surface area contributed by atoms with E-state index in [9.17, 15) is 9.90 Å². The molecular weight excluding hydrogens is 218 g/mol. The van der Waals surface area contributed by atoms with Crippen LogP contribution in [-0.2, 0) is 4.74 Å². The third-order valence-corrected chi connectivity index (χ3v) is 3.58. The molecule has 2 heterocycles. The number of fused-ring (bicyclic) bond motifs is 4. The zero-order chi connectivity index (χ0) is 12.6. The summed E-state index contributed by atoms with van der Waals surface area (Å²) in [5.74, 6) is 0.441. The van der Waals surface area contributed by atoms with Gasteiger partial charge in [-0.05, 0) is 52.4 Å². The van der Waals surface area contributed by atoms with Gasteiger partial charge in [-0.15, -0.1) is 0 Å². The molecule has 3 rings (SSSR count). The van der Waals surface area contributed by atoms with Crippen LogP contribution in [0.3, 0.4) is 0 Å². The van der Waals surface area contributed by atoms with E-state index in [1.54, 1.807) is 0 Å². The molecule has 4 nitrogen and oxygen atoms in total. The Morgan fingerprint density at radius 2 is 2.00 bits per heavy atom. The van der Waals surface area contributed by atoms with Gasteiger partial charge in [0.2, 0.25) is 0 Å². The molecule has 0 aromatic heterocycles. The maximum Gasteiger partial charge on any atom is 0.410 e. The topological polar surface area (TPSA) is 49.8 Å². The summed E-state index contributed by atoms with van der Waals surface area (Å²) in [7, 11) is 0. The normalized spacial score (nSPS) is 33.4. The highest BCUT2D eigenvalue weighted by atomic mass is 16.6. The number of ether oxygens (including phenoxy) is 1. The van der Waals surface area contributed by atoms with E-state index in [2.05, 4.69) is 0 Å². The van der Waals surface area contributed by atoms with E-state index < -0.39 is 5.60 Å². The molecule has 4 heteroatoms. The van der Waals surface area contributed by atoms with Crippen LogP contribution in [0.15, 0.2) is 0 Å². The third kappa shape index (κ3) is 3.12. The molecule has 3 aliphatic rings. The molecule has 2 aliphatic heterocycles. The fraction of sp³-hybridized carbons (Fsp3) is 0.923. The van der Waals surface area contributed by atoms with Crippen molar-refractivity contribution in [3.63, 3.8) is 0 Å². The van der Waals surface area contributed by atoms with E-state index in [0.29, 0.717) is 12.3 Å². The molecule has 0 radical (unpaired) electrons. The monoisotopic (exact) mass is 241 g/mol. The summed E-state index contributed by atoms with van der Waals surface area (Å²) in [5, 5.41) is 9.82. The van der Waals surface area contributed by atoms with Gasteiger partial charge in [0.25, 0.3) is 0 Å². The second-order valence-electron chi connectivity index (χ2n) is 6.36. The van der Waals surface area contributed by atoms with Crippen LogP contribution in [0.4, 0.5) is 4.79 Å². The minimum atomic E-state index is -0.443. The zero-order valence-corrected chi connectivity index (χ0v) is 11.0. The van der Waals surface area contributed by atoms with Crippen LogP contribution in [0.5, 0.6) is 0 Å².